The summed E-state index contributed by atoms with van der Waals surface area (Å²) in [5, 5.41) is 17.8. The summed E-state index contributed by atoms with van der Waals surface area (Å²) in [5.74, 6) is -4.61. The first-order valence-electron chi connectivity index (χ1n) is 5.59. The van der Waals surface area contributed by atoms with Gasteiger partial charge in [0, 0.05) is 18.8 Å². The molecule has 1 rings (SSSR count). The monoisotopic (exact) mass is 301 g/mol. The van der Waals surface area contributed by atoms with Gasteiger partial charge in [0.1, 0.15) is 0 Å². The summed E-state index contributed by atoms with van der Waals surface area (Å²) in [5.41, 5.74) is -4.30. The van der Waals surface area contributed by atoms with Gasteiger partial charge in [-0.2, -0.15) is 13.2 Å². The molecule has 1 aliphatic heterocycles. The minimum Gasteiger partial charge on any atom is -0.481 e. The minimum atomic E-state index is -4.30. The van der Waals surface area contributed by atoms with E-state index in [2.05, 4.69) is 0 Å². The fourth-order valence-electron chi connectivity index (χ4n) is 2.06. The Morgan fingerprint density at radius 2 is 1.79 bits per heavy atom. The highest BCUT2D eigenvalue weighted by Crippen LogP contribution is 2.30. The number of alkyl halides is 3. The third-order valence-corrected chi connectivity index (χ3v) is 3.72. The molecule has 110 valence electrons. The maximum Gasteiger partial charge on any atom is 0.441 e. The van der Waals surface area contributed by atoms with Crippen molar-refractivity contribution in [2.24, 2.45) is 11.8 Å². The van der Waals surface area contributed by atoms with E-state index in [0.29, 0.717) is 6.54 Å². The van der Waals surface area contributed by atoms with Gasteiger partial charge in [-0.1, -0.05) is 0 Å². The van der Waals surface area contributed by atoms with Gasteiger partial charge in [0.2, 0.25) is 0 Å². The van der Waals surface area contributed by atoms with Crippen LogP contribution in [-0.4, -0.2) is 57.9 Å². The quantitative estimate of drug-likeness (QED) is 0.798. The number of piperidine rings is 1. The molecule has 19 heavy (non-hydrogen) atoms. The molecule has 1 fully saturated rings. The smallest absolute Gasteiger partial charge is 0.441 e. The van der Waals surface area contributed by atoms with Gasteiger partial charge < -0.3 is 15.1 Å². The standard InChI is InChI=1S/C10H14F3NO4S/c11-10(12,13)19-4-3-14-2-1-6(8(15)16)7(5-14)9(17)18/h6-7H,1-5H2,(H,15,16)(H,17,18). The Morgan fingerprint density at radius 3 is 2.26 bits per heavy atom. The Hall–Kier alpha value is -0.960. The van der Waals surface area contributed by atoms with Crippen molar-refractivity contribution < 1.29 is 33.0 Å². The first-order chi connectivity index (χ1) is 8.70. The highest BCUT2D eigenvalue weighted by Gasteiger charge is 2.38. The van der Waals surface area contributed by atoms with Gasteiger partial charge in [0.25, 0.3) is 0 Å². The third kappa shape index (κ3) is 5.27. The van der Waals surface area contributed by atoms with E-state index >= 15 is 0 Å². The molecule has 1 heterocycles. The molecule has 0 amide bonds. The van der Waals surface area contributed by atoms with Gasteiger partial charge in [-0.25, -0.2) is 0 Å². The van der Waals surface area contributed by atoms with Crippen molar-refractivity contribution in [2.45, 2.75) is 11.9 Å². The predicted molar refractivity (Wildman–Crippen MR) is 61.8 cm³/mol. The van der Waals surface area contributed by atoms with E-state index in [1.807, 2.05) is 0 Å². The molecule has 0 aliphatic carbocycles. The molecular formula is C10H14F3NO4S. The van der Waals surface area contributed by atoms with Crippen LogP contribution in [-0.2, 0) is 9.59 Å². The SMILES string of the molecule is O=C(O)C1CCN(CCSC(F)(F)F)CC1C(=O)O. The summed E-state index contributed by atoms with van der Waals surface area (Å²) < 4.78 is 35.9. The number of carboxylic acid groups (broad SMARTS) is 2. The van der Waals surface area contributed by atoms with Crippen LogP contribution in [0.2, 0.25) is 0 Å². The average Bonchev–Trinajstić information content (AvgIpc) is 2.26. The Kier molecular flexibility index (Phi) is 5.48. The van der Waals surface area contributed by atoms with E-state index in [9.17, 15) is 22.8 Å². The van der Waals surface area contributed by atoms with E-state index in [-0.39, 0.29) is 37.0 Å². The van der Waals surface area contributed by atoms with Gasteiger partial charge >= 0.3 is 17.4 Å². The summed E-state index contributed by atoms with van der Waals surface area (Å²) in [6, 6.07) is 0. The van der Waals surface area contributed by atoms with Crippen LogP contribution >= 0.6 is 11.8 Å². The Balaban J connectivity index is 2.48. The van der Waals surface area contributed by atoms with Crippen LogP contribution in [0.3, 0.4) is 0 Å². The number of carboxylic acids is 2. The molecule has 9 heteroatoms. The third-order valence-electron chi connectivity index (χ3n) is 3.00. The molecule has 2 atom stereocenters. The molecule has 0 spiro atoms. The van der Waals surface area contributed by atoms with Crippen molar-refractivity contribution in [1.82, 2.24) is 4.90 Å². The number of halogens is 3. The fraction of sp³-hybridized carbons (Fsp3) is 0.800. The van der Waals surface area contributed by atoms with E-state index in [4.69, 9.17) is 10.2 Å². The van der Waals surface area contributed by atoms with Crippen LogP contribution in [0.5, 0.6) is 0 Å². The van der Waals surface area contributed by atoms with Crippen molar-refractivity contribution >= 4 is 23.7 Å². The van der Waals surface area contributed by atoms with Crippen LogP contribution in [0.4, 0.5) is 13.2 Å². The number of carbonyl (C=O) groups is 2. The van der Waals surface area contributed by atoms with Gasteiger partial charge in [-0.15, -0.1) is 0 Å². The zero-order valence-electron chi connectivity index (χ0n) is 9.89. The number of hydrogen-bond acceptors (Lipinski definition) is 4. The van der Waals surface area contributed by atoms with Crippen molar-refractivity contribution in [3.8, 4) is 0 Å². The normalized spacial score (nSPS) is 25.2. The molecule has 0 aromatic carbocycles. The molecule has 5 nitrogen and oxygen atoms in total. The predicted octanol–water partition coefficient (Wildman–Crippen LogP) is 1.35. The molecule has 0 bridgehead atoms. The van der Waals surface area contributed by atoms with Crippen molar-refractivity contribution in [3.63, 3.8) is 0 Å². The lowest BCUT2D eigenvalue weighted by atomic mass is 9.85. The molecular weight excluding hydrogens is 287 g/mol. The molecule has 2 N–H and O–H groups in total. The molecule has 0 aromatic heterocycles. The number of likely N-dealkylation sites (tertiary alicyclic amines) is 1. The molecule has 0 saturated carbocycles. The summed E-state index contributed by atoms with van der Waals surface area (Å²) in [6.45, 7) is 0.379. The first kappa shape index (κ1) is 16.1. The second kappa shape index (κ2) is 6.47. The summed E-state index contributed by atoms with van der Waals surface area (Å²) in [7, 11) is 0. The van der Waals surface area contributed by atoms with Gasteiger partial charge in [0.15, 0.2) is 0 Å². The lowest BCUT2D eigenvalue weighted by molar-refractivity contribution is -0.157. The maximum absolute atomic E-state index is 12.0. The van der Waals surface area contributed by atoms with Gasteiger partial charge in [-0.3, -0.25) is 9.59 Å². The molecule has 2 unspecified atom stereocenters. The number of nitrogens with zero attached hydrogens (tertiary/aromatic N) is 1. The Bertz CT molecular complexity index is 350. The van der Waals surface area contributed by atoms with E-state index in [1.54, 1.807) is 4.90 Å². The molecule has 0 radical (unpaired) electrons. The maximum atomic E-state index is 12.0. The topological polar surface area (TPSA) is 77.8 Å². The van der Waals surface area contributed by atoms with E-state index < -0.39 is 29.3 Å². The van der Waals surface area contributed by atoms with Crippen molar-refractivity contribution in [2.75, 3.05) is 25.4 Å². The van der Waals surface area contributed by atoms with Gasteiger partial charge in [0.05, 0.1) is 11.8 Å². The fourth-order valence-corrected chi connectivity index (χ4v) is 2.64. The summed E-state index contributed by atoms with van der Waals surface area (Å²) in [6.07, 6.45) is 0.142. The number of hydrogen-bond donors (Lipinski definition) is 2. The Labute approximate surface area is 111 Å². The average molecular weight is 301 g/mol. The molecule has 1 saturated heterocycles. The van der Waals surface area contributed by atoms with Crippen LogP contribution in [0, 0.1) is 11.8 Å². The van der Waals surface area contributed by atoms with Crippen LogP contribution < -0.4 is 0 Å². The number of thioether (sulfide) groups is 1. The number of aliphatic carboxylic acids is 2. The number of rotatable bonds is 5. The summed E-state index contributed by atoms with van der Waals surface area (Å²) in [4.78, 5) is 23.4. The first-order valence-corrected chi connectivity index (χ1v) is 6.58. The molecule has 0 aromatic rings. The van der Waals surface area contributed by atoms with E-state index in [1.165, 1.54) is 0 Å². The van der Waals surface area contributed by atoms with Gasteiger partial charge in [-0.05, 0) is 24.7 Å². The van der Waals surface area contributed by atoms with Crippen molar-refractivity contribution in [1.29, 1.82) is 0 Å². The minimum absolute atomic E-state index is 0.0231. The van der Waals surface area contributed by atoms with Crippen LogP contribution in [0.1, 0.15) is 6.42 Å². The highest BCUT2D eigenvalue weighted by molar-refractivity contribution is 8.00. The Morgan fingerprint density at radius 1 is 1.21 bits per heavy atom. The van der Waals surface area contributed by atoms with E-state index in [0.717, 1.165) is 0 Å². The van der Waals surface area contributed by atoms with Crippen LogP contribution in [0.25, 0.3) is 0 Å². The molecule has 1 aliphatic rings. The largest absolute Gasteiger partial charge is 0.481 e. The van der Waals surface area contributed by atoms with Crippen LogP contribution in [0.15, 0.2) is 0 Å². The highest BCUT2D eigenvalue weighted by atomic mass is 32.2. The lowest BCUT2D eigenvalue weighted by Gasteiger charge is -2.34. The lowest BCUT2D eigenvalue weighted by Crippen LogP contribution is -2.47. The van der Waals surface area contributed by atoms with Crippen molar-refractivity contribution in [3.05, 3.63) is 0 Å². The second-order valence-electron chi connectivity index (χ2n) is 4.27. The summed E-state index contributed by atoms with van der Waals surface area (Å²) >= 11 is -0.161. The second-order valence-corrected chi connectivity index (χ2v) is 5.43. The zero-order chi connectivity index (χ0) is 14.6. The zero-order valence-corrected chi connectivity index (χ0v) is 10.7.